The Hall–Kier alpha value is -2.51. The van der Waals surface area contributed by atoms with Gasteiger partial charge in [0.15, 0.2) is 5.69 Å². The topological polar surface area (TPSA) is 79.4 Å². The molecule has 2 N–H and O–H groups in total. The summed E-state index contributed by atoms with van der Waals surface area (Å²) in [5.74, 6) is 2.88. The van der Waals surface area contributed by atoms with Gasteiger partial charge >= 0.3 is 0 Å². The molecule has 1 aromatic heterocycles. The Balaban J connectivity index is 1.09. The van der Waals surface area contributed by atoms with Crippen LogP contribution in [0.3, 0.4) is 0 Å². The maximum absolute atomic E-state index is 12.3. The van der Waals surface area contributed by atoms with Crippen LogP contribution < -0.4 is 10.6 Å². The lowest BCUT2D eigenvalue weighted by molar-refractivity contribution is 0.0545. The zero-order valence-electron chi connectivity index (χ0n) is 17.9. The highest BCUT2D eigenvalue weighted by atomic mass is 16.5. The highest BCUT2D eigenvalue weighted by molar-refractivity contribution is 6.02. The normalized spacial score (nSPS) is 26.5. The fourth-order valence-electron chi connectivity index (χ4n) is 5.41. The molecule has 2 aliphatic heterocycles. The average Bonchev–Trinajstić information content (AvgIpc) is 3.33. The summed E-state index contributed by atoms with van der Waals surface area (Å²) < 4.78 is 5.50. The van der Waals surface area contributed by atoms with E-state index in [1.807, 2.05) is 36.4 Å². The van der Waals surface area contributed by atoms with Crippen LogP contribution in [0.2, 0.25) is 0 Å². The number of benzene rings is 1. The van der Waals surface area contributed by atoms with Gasteiger partial charge in [0.1, 0.15) is 5.82 Å². The Labute approximate surface area is 183 Å². The number of hydrogen-bond donors (Lipinski definition) is 2. The van der Waals surface area contributed by atoms with Crippen molar-refractivity contribution in [3.63, 3.8) is 0 Å². The quantitative estimate of drug-likeness (QED) is 0.745. The third-order valence-corrected chi connectivity index (χ3v) is 6.96. The monoisotopic (exact) mass is 421 g/mol. The third-order valence-electron chi connectivity index (χ3n) is 6.96. The largest absolute Gasteiger partial charge is 0.381 e. The minimum absolute atomic E-state index is 0.245. The average molecular weight is 422 g/mol. The summed E-state index contributed by atoms with van der Waals surface area (Å²) in [6, 6.07) is 13.4. The Morgan fingerprint density at radius 1 is 1.00 bits per heavy atom. The van der Waals surface area contributed by atoms with Gasteiger partial charge in [0.2, 0.25) is 0 Å². The van der Waals surface area contributed by atoms with Crippen LogP contribution in [-0.4, -0.2) is 59.9 Å². The second-order valence-corrected chi connectivity index (χ2v) is 9.23. The number of carbonyl (C=O) groups is 1. The van der Waals surface area contributed by atoms with E-state index in [0.717, 1.165) is 42.5 Å². The Bertz CT molecular complexity index is 855. The van der Waals surface area contributed by atoms with Crippen LogP contribution in [0.1, 0.15) is 36.2 Å². The lowest BCUT2D eigenvalue weighted by Crippen LogP contribution is -2.32. The van der Waals surface area contributed by atoms with Crippen molar-refractivity contribution < 1.29 is 9.53 Å². The van der Waals surface area contributed by atoms with Crippen molar-refractivity contribution in [3.05, 3.63) is 48.2 Å². The van der Waals surface area contributed by atoms with Gasteiger partial charge in [-0.15, -0.1) is 10.2 Å². The molecule has 0 spiro atoms. The first-order valence-corrected chi connectivity index (χ1v) is 11.5. The maximum Gasteiger partial charge on any atom is 0.276 e. The maximum atomic E-state index is 12.3. The highest BCUT2D eigenvalue weighted by Crippen LogP contribution is 2.39. The molecule has 31 heavy (non-hydrogen) atoms. The number of hydrogen-bond acceptors (Lipinski definition) is 6. The predicted octanol–water partition coefficient (Wildman–Crippen LogP) is 3.28. The van der Waals surface area contributed by atoms with Crippen LogP contribution in [0, 0.1) is 17.8 Å². The number of nitrogens with one attached hydrogen (secondary N) is 2. The number of ether oxygens (including phenoxy) is 1. The van der Waals surface area contributed by atoms with Crippen LogP contribution >= 0.6 is 0 Å². The summed E-state index contributed by atoms with van der Waals surface area (Å²) in [5.41, 5.74) is 1.07. The van der Waals surface area contributed by atoms with E-state index < -0.39 is 0 Å². The molecule has 3 heterocycles. The number of anilines is 2. The Morgan fingerprint density at radius 2 is 1.74 bits per heavy atom. The number of likely N-dealkylation sites (tertiary alicyclic amines) is 1. The van der Waals surface area contributed by atoms with E-state index in [4.69, 9.17) is 4.74 Å². The highest BCUT2D eigenvalue weighted by Gasteiger charge is 2.41. The van der Waals surface area contributed by atoms with E-state index in [-0.39, 0.29) is 5.91 Å². The molecule has 1 amide bonds. The zero-order valence-corrected chi connectivity index (χ0v) is 17.9. The van der Waals surface area contributed by atoms with Gasteiger partial charge in [-0.25, -0.2) is 0 Å². The summed E-state index contributed by atoms with van der Waals surface area (Å²) in [5, 5.41) is 14.7. The second kappa shape index (κ2) is 9.32. The van der Waals surface area contributed by atoms with Crippen molar-refractivity contribution in [2.24, 2.45) is 17.8 Å². The van der Waals surface area contributed by atoms with E-state index in [2.05, 4.69) is 25.7 Å². The number of carbonyl (C=O) groups excluding carboxylic acids is 1. The third kappa shape index (κ3) is 5.05. The van der Waals surface area contributed by atoms with Crippen LogP contribution in [0.4, 0.5) is 11.5 Å². The van der Waals surface area contributed by atoms with Crippen LogP contribution in [-0.2, 0) is 4.74 Å². The summed E-state index contributed by atoms with van der Waals surface area (Å²) in [6.07, 6.45) is 4.81. The Morgan fingerprint density at radius 3 is 2.42 bits per heavy atom. The standard InChI is InChI=1S/C24H31N5O2/c30-24(26-20-4-2-1-3-5-20)22-6-7-23(28-27-22)25-21-12-18-15-29(16-19(18)13-21)14-17-8-10-31-11-9-17/h1-7,17-19,21H,8-16H2,(H,25,28)(H,26,30)/t18-,19+,21-. The second-order valence-electron chi connectivity index (χ2n) is 9.23. The smallest absolute Gasteiger partial charge is 0.276 e. The minimum Gasteiger partial charge on any atom is -0.381 e. The van der Waals surface area contributed by atoms with Gasteiger partial charge < -0.3 is 20.3 Å². The molecule has 3 fully saturated rings. The van der Waals surface area contributed by atoms with Crippen molar-refractivity contribution in [3.8, 4) is 0 Å². The van der Waals surface area contributed by atoms with Gasteiger partial charge in [0, 0.05) is 44.6 Å². The molecular weight excluding hydrogens is 390 g/mol. The Kier molecular flexibility index (Phi) is 6.13. The fraction of sp³-hybridized carbons (Fsp3) is 0.542. The van der Waals surface area contributed by atoms with Crippen molar-refractivity contribution in [1.82, 2.24) is 15.1 Å². The molecule has 2 aromatic rings. The van der Waals surface area contributed by atoms with E-state index >= 15 is 0 Å². The summed E-state index contributed by atoms with van der Waals surface area (Å²) in [4.78, 5) is 15.0. The lowest BCUT2D eigenvalue weighted by Gasteiger charge is -2.27. The predicted molar refractivity (Wildman–Crippen MR) is 120 cm³/mol. The fourth-order valence-corrected chi connectivity index (χ4v) is 5.41. The van der Waals surface area contributed by atoms with Gasteiger partial charge in [-0.05, 0) is 67.7 Å². The molecule has 1 saturated carbocycles. The van der Waals surface area contributed by atoms with Crippen molar-refractivity contribution in [2.75, 3.05) is 43.5 Å². The summed E-state index contributed by atoms with van der Waals surface area (Å²) >= 11 is 0. The molecule has 164 valence electrons. The molecule has 0 radical (unpaired) electrons. The van der Waals surface area contributed by atoms with Gasteiger partial charge in [-0.3, -0.25) is 4.79 Å². The zero-order chi connectivity index (χ0) is 21.0. The molecular formula is C24H31N5O2. The molecule has 0 bridgehead atoms. The number of nitrogens with zero attached hydrogens (tertiary/aromatic N) is 3. The number of para-hydroxylation sites is 1. The van der Waals surface area contributed by atoms with Crippen LogP contribution in [0.5, 0.6) is 0 Å². The van der Waals surface area contributed by atoms with Gasteiger partial charge in [0.25, 0.3) is 5.91 Å². The molecule has 1 aliphatic carbocycles. The minimum atomic E-state index is -0.245. The van der Waals surface area contributed by atoms with Crippen molar-refractivity contribution in [1.29, 1.82) is 0 Å². The molecule has 7 nitrogen and oxygen atoms in total. The molecule has 2 saturated heterocycles. The SMILES string of the molecule is O=C(Nc1ccccc1)c1ccc(N[C@@H]2C[C@@H]3CN(CC4CCOCC4)C[C@@H]3C2)nn1. The number of rotatable bonds is 6. The van der Waals surface area contributed by atoms with E-state index in [9.17, 15) is 4.79 Å². The summed E-state index contributed by atoms with van der Waals surface area (Å²) in [7, 11) is 0. The first kappa shape index (κ1) is 20.4. The number of aromatic nitrogens is 2. The van der Waals surface area contributed by atoms with Crippen LogP contribution in [0.25, 0.3) is 0 Å². The molecule has 3 atom stereocenters. The molecule has 5 rings (SSSR count). The van der Waals surface area contributed by atoms with Gasteiger partial charge in [0.05, 0.1) is 0 Å². The van der Waals surface area contributed by atoms with E-state index in [0.29, 0.717) is 11.7 Å². The van der Waals surface area contributed by atoms with Crippen LogP contribution in [0.15, 0.2) is 42.5 Å². The lowest BCUT2D eigenvalue weighted by atomic mass is 10.00. The number of fused-ring (bicyclic) bond motifs is 1. The van der Waals surface area contributed by atoms with Crippen molar-refractivity contribution in [2.45, 2.75) is 31.7 Å². The molecule has 7 heteroatoms. The molecule has 1 aromatic carbocycles. The molecule has 3 aliphatic rings. The van der Waals surface area contributed by atoms with E-state index in [1.165, 1.54) is 45.3 Å². The molecule has 0 unspecified atom stereocenters. The van der Waals surface area contributed by atoms with Gasteiger partial charge in [-0.1, -0.05) is 18.2 Å². The first-order valence-electron chi connectivity index (χ1n) is 11.5. The van der Waals surface area contributed by atoms with E-state index in [1.54, 1.807) is 6.07 Å². The first-order chi connectivity index (χ1) is 15.2. The number of amides is 1. The van der Waals surface area contributed by atoms with Gasteiger partial charge in [-0.2, -0.15) is 0 Å². The summed E-state index contributed by atoms with van der Waals surface area (Å²) in [6.45, 7) is 5.57. The van der Waals surface area contributed by atoms with Crippen molar-refractivity contribution >= 4 is 17.4 Å².